The molecule has 110 valence electrons. The minimum atomic E-state index is -0.0915. The van der Waals surface area contributed by atoms with Gasteiger partial charge >= 0.3 is 0 Å². The number of halogens is 2. The van der Waals surface area contributed by atoms with Crippen LogP contribution in [0, 0.1) is 6.92 Å². The molecule has 2 rings (SSSR count). The lowest BCUT2D eigenvalue weighted by Crippen LogP contribution is -2.27. The Labute approximate surface area is 141 Å². The van der Waals surface area contributed by atoms with E-state index < -0.39 is 0 Å². The van der Waals surface area contributed by atoms with Crippen molar-refractivity contribution in [2.75, 3.05) is 19.1 Å². The molecule has 0 saturated heterocycles. The molecule has 0 radical (unpaired) electrons. The lowest BCUT2D eigenvalue weighted by molar-refractivity contribution is 0.0992. The van der Waals surface area contributed by atoms with Crippen molar-refractivity contribution in [3.63, 3.8) is 0 Å². The number of hydrogen-bond donors (Lipinski definition) is 0. The summed E-state index contributed by atoms with van der Waals surface area (Å²) < 4.78 is 6.93. The van der Waals surface area contributed by atoms with Crippen LogP contribution >= 0.6 is 31.9 Å². The fourth-order valence-electron chi connectivity index (χ4n) is 2.08. The van der Waals surface area contributed by atoms with Crippen LogP contribution in [-0.2, 0) is 0 Å². The summed E-state index contributed by atoms with van der Waals surface area (Å²) in [5.74, 6) is 0.564. The maximum absolute atomic E-state index is 12.7. The van der Waals surface area contributed by atoms with Gasteiger partial charge in [-0.1, -0.05) is 15.9 Å². The van der Waals surface area contributed by atoms with E-state index in [4.69, 9.17) is 4.74 Å². The topological polar surface area (TPSA) is 29.5 Å². The lowest BCUT2D eigenvalue weighted by atomic mass is 10.1. The predicted octanol–water partition coefficient (Wildman–Crippen LogP) is 4.81. The highest BCUT2D eigenvalue weighted by Gasteiger charge is 2.18. The molecular formula is C16H15Br2NO2. The van der Waals surface area contributed by atoms with Crippen molar-refractivity contribution in [1.29, 1.82) is 0 Å². The first-order valence-corrected chi connectivity index (χ1v) is 7.90. The van der Waals surface area contributed by atoms with Crippen molar-refractivity contribution < 1.29 is 9.53 Å². The first kappa shape index (κ1) is 16.0. The first-order valence-electron chi connectivity index (χ1n) is 6.31. The second kappa shape index (κ2) is 6.62. The summed E-state index contributed by atoms with van der Waals surface area (Å²) in [6.45, 7) is 1.98. The number of benzene rings is 2. The Morgan fingerprint density at radius 2 is 1.86 bits per heavy atom. The highest BCUT2D eigenvalue weighted by molar-refractivity contribution is 9.10. The molecule has 21 heavy (non-hydrogen) atoms. The van der Waals surface area contributed by atoms with E-state index in [0.29, 0.717) is 11.3 Å². The van der Waals surface area contributed by atoms with Gasteiger partial charge in [0.15, 0.2) is 0 Å². The number of ether oxygens (including phenoxy) is 1. The van der Waals surface area contributed by atoms with Gasteiger partial charge in [0.1, 0.15) is 5.75 Å². The van der Waals surface area contributed by atoms with Crippen LogP contribution in [0.15, 0.2) is 45.3 Å². The van der Waals surface area contributed by atoms with Crippen molar-refractivity contribution in [2.45, 2.75) is 6.92 Å². The molecule has 0 bridgehead atoms. The molecule has 0 aliphatic rings. The third-order valence-electron chi connectivity index (χ3n) is 3.23. The molecule has 0 fully saturated rings. The Kier molecular flexibility index (Phi) is 5.06. The van der Waals surface area contributed by atoms with Gasteiger partial charge < -0.3 is 9.64 Å². The number of carbonyl (C=O) groups is 1. The Morgan fingerprint density at radius 1 is 1.14 bits per heavy atom. The van der Waals surface area contributed by atoms with Gasteiger partial charge in [0.05, 0.1) is 12.7 Å². The Morgan fingerprint density at radius 3 is 2.48 bits per heavy atom. The zero-order valence-electron chi connectivity index (χ0n) is 12.0. The highest BCUT2D eigenvalue weighted by atomic mass is 79.9. The van der Waals surface area contributed by atoms with Crippen molar-refractivity contribution in [3.05, 3.63) is 56.5 Å². The van der Waals surface area contributed by atoms with E-state index in [9.17, 15) is 4.79 Å². The summed E-state index contributed by atoms with van der Waals surface area (Å²) in [4.78, 5) is 14.3. The Balaban J connectivity index is 2.39. The molecule has 0 heterocycles. The van der Waals surface area contributed by atoms with Crippen molar-refractivity contribution in [1.82, 2.24) is 0 Å². The molecule has 0 unspecified atom stereocenters. The van der Waals surface area contributed by atoms with E-state index >= 15 is 0 Å². The number of rotatable bonds is 3. The SMILES string of the molecule is COc1ccc(Br)c(C(=O)N(C)c2ccc(Br)cc2C)c1. The van der Waals surface area contributed by atoms with Crippen molar-refractivity contribution in [2.24, 2.45) is 0 Å². The molecule has 1 amide bonds. The van der Waals surface area contributed by atoms with Crippen LogP contribution in [0.5, 0.6) is 5.75 Å². The molecule has 2 aromatic rings. The zero-order chi connectivity index (χ0) is 15.6. The second-order valence-electron chi connectivity index (χ2n) is 4.64. The van der Waals surface area contributed by atoms with Gasteiger partial charge in [0.25, 0.3) is 5.91 Å². The average Bonchev–Trinajstić information content (AvgIpc) is 2.46. The van der Waals surface area contributed by atoms with Crippen LogP contribution in [0.3, 0.4) is 0 Å². The van der Waals surface area contributed by atoms with E-state index in [2.05, 4.69) is 31.9 Å². The van der Waals surface area contributed by atoms with E-state index in [0.717, 1.165) is 20.2 Å². The molecule has 0 N–H and O–H groups in total. The molecule has 0 spiro atoms. The quantitative estimate of drug-likeness (QED) is 0.724. The minimum absolute atomic E-state index is 0.0915. The molecule has 5 heteroatoms. The van der Waals surface area contributed by atoms with Crippen LogP contribution in [0.4, 0.5) is 5.69 Å². The van der Waals surface area contributed by atoms with Gasteiger partial charge in [-0.15, -0.1) is 0 Å². The van der Waals surface area contributed by atoms with Crippen LogP contribution < -0.4 is 9.64 Å². The number of nitrogens with zero attached hydrogens (tertiary/aromatic N) is 1. The van der Waals surface area contributed by atoms with E-state index in [-0.39, 0.29) is 5.91 Å². The van der Waals surface area contributed by atoms with E-state index in [1.165, 1.54) is 0 Å². The van der Waals surface area contributed by atoms with Gasteiger partial charge in [-0.2, -0.15) is 0 Å². The van der Waals surface area contributed by atoms with Crippen molar-refractivity contribution >= 4 is 43.5 Å². The van der Waals surface area contributed by atoms with Crippen molar-refractivity contribution in [3.8, 4) is 5.75 Å². The summed E-state index contributed by atoms with van der Waals surface area (Å²) in [5.41, 5.74) is 2.47. The van der Waals surface area contributed by atoms with Crippen LogP contribution in [0.25, 0.3) is 0 Å². The fraction of sp³-hybridized carbons (Fsp3) is 0.188. The van der Waals surface area contributed by atoms with Gasteiger partial charge in [-0.25, -0.2) is 0 Å². The summed E-state index contributed by atoms with van der Waals surface area (Å²) >= 11 is 6.85. The molecule has 0 aliphatic carbocycles. The highest BCUT2D eigenvalue weighted by Crippen LogP contribution is 2.28. The van der Waals surface area contributed by atoms with Gasteiger partial charge in [-0.3, -0.25) is 4.79 Å². The standard InChI is InChI=1S/C16H15Br2NO2/c1-10-8-11(17)4-7-15(10)19(2)16(20)13-9-12(21-3)5-6-14(13)18/h4-9H,1-3H3. The summed E-state index contributed by atoms with van der Waals surface area (Å²) in [7, 11) is 3.35. The normalized spacial score (nSPS) is 10.3. The number of anilines is 1. The van der Waals surface area contributed by atoms with Gasteiger partial charge in [0, 0.05) is 21.7 Å². The number of carbonyl (C=O) groups excluding carboxylic acids is 1. The molecule has 3 nitrogen and oxygen atoms in total. The fourth-order valence-corrected chi connectivity index (χ4v) is 2.97. The predicted molar refractivity (Wildman–Crippen MR) is 92.3 cm³/mol. The first-order chi connectivity index (χ1) is 9.93. The lowest BCUT2D eigenvalue weighted by Gasteiger charge is -2.20. The molecular weight excluding hydrogens is 398 g/mol. The van der Waals surface area contributed by atoms with E-state index in [1.54, 1.807) is 25.1 Å². The number of hydrogen-bond acceptors (Lipinski definition) is 2. The molecule has 0 aliphatic heterocycles. The molecule has 0 aromatic heterocycles. The zero-order valence-corrected chi connectivity index (χ0v) is 15.2. The van der Waals surface area contributed by atoms with Gasteiger partial charge in [-0.05, 0) is 64.8 Å². The van der Waals surface area contributed by atoms with Crippen LogP contribution in [0.2, 0.25) is 0 Å². The summed E-state index contributed by atoms with van der Waals surface area (Å²) in [6.07, 6.45) is 0. The average molecular weight is 413 g/mol. The Hall–Kier alpha value is -1.33. The number of amides is 1. The monoisotopic (exact) mass is 411 g/mol. The maximum Gasteiger partial charge on any atom is 0.259 e. The minimum Gasteiger partial charge on any atom is -0.497 e. The second-order valence-corrected chi connectivity index (χ2v) is 6.41. The summed E-state index contributed by atoms with van der Waals surface area (Å²) in [5, 5.41) is 0. The third kappa shape index (κ3) is 3.47. The van der Waals surface area contributed by atoms with E-state index in [1.807, 2.05) is 37.3 Å². The van der Waals surface area contributed by atoms with Crippen LogP contribution in [-0.4, -0.2) is 20.1 Å². The number of methoxy groups -OCH3 is 1. The molecule has 0 atom stereocenters. The summed E-state index contributed by atoms with van der Waals surface area (Å²) in [6, 6.07) is 11.2. The number of aryl methyl sites for hydroxylation is 1. The van der Waals surface area contributed by atoms with Crippen LogP contribution in [0.1, 0.15) is 15.9 Å². The third-order valence-corrected chi connectivity index (χ3v) is 4.41. The largest absolute Gasteiger partial charge is 0.497 e. The smallest absolute Gasteiger partial charge is 0.259 e. The Bertz CT molecular complexity index is 686. The molecule has 0 saturated carbocycles. The molecule has 2 aromatic carbocycles. The maximum atomic E-state index is 12.7. The van der Waals surface area contributed by atoms with Gasteiger partial charge in [0.2, 0.25) is 0 Å².